The van der Waals surface area contributed by atoms with E-state index >= 15 is 0 Å². The van der Waals surface area contributed by atoms with Gasteiger partial charge in [0, 0.05) is 0 Å². The van der Waals surface area contributed by atoms with Crippen LogP contribution in [0.25, 0.3) is 10.8 Å². The molecule has 0 atom stereocenters. The zero-order valence-electron chi connectivity index (χ0n) is 7.08. The van der Waals surface area contributed by atoms with Crippen LogP contribution in [0.2, 0.25) is 0 Å². The van der Waals surface area contributed by atoms with Crippen molar-refractivity contribution in [2.75, 3.05) is 0 Å². The van der Waals surface area contributed by atoms with Crippen molar-refractivity contribution in [3.8, 4) is 0 Å². The summed E-state index contributed by atoms with van der Waals surface area (Å²) in [4.78, 5) is 0. The van der Waals surface area contributed by atoms with E-state index in [1.54, 1.807) is 0 Å². The minimum atomic E-state index is -2.28. The number of fused-ring (bicyclic) bond motifs is 1. The van der Waals surface area contributed by atoms with Gasteiger partial charge in [-0.2, -0.15) is 0 Å². The van der Waals surface area contributed by atoms with E-state index in [-0.39, 0.29) is 0 Å². The van der Waals surface area contributed by atoms with Crippen LogP contribution >= 0.6 is 38.3 Å². The van der Waals surface area contributed by atoms with Crippen molar-refractivity contribution < 1.29 is 0 Å². The Bertz CT molecular complexity index is 457. The quantitative estimate of drug-likeness (QED) is 0.523. The fourth-order valence-corrected chi connectivity index (χ4v) is 8.99. The van der Waals surface area contributed by atoms with Gasteiger partial charge >= 0.3 is 107 Å². The van der Waals surface area contributed by atoms with E-state index in [0.717, 1.165) is 0 Å². The summed E-state index contributed by atoms with van der Waals surface area (Å²) in [6, 6.07) is 14.9. The second-order valence-corrected chi connectivity index (χ2v) is 43.5. The Labute approximate surface area is 105 Å². The van der Waals surface area contributed by atoms with Crippen LogP contribution in [0, 0.1) is 0 Å². The molecule has 0 aliphatic rings. The van der Waals surface area contributed by atoms with Crippen LogP contribution in [0.15, 0.2) is 42.5 Å². The van der Waals surface area contributed by atoms with E-state index < -0.39 is 11.6 Å². The van der Waals surface area contributed by atoms with Crippen molar-refractivity contribution in [2.24, 2.45) is 0 Å². The Balaban J connectivity index is 2.78. The van der Waals surface area contributed by atoms with Crippen LogP contribution < -0.4 is 3.61 Å². The van der Waals surface area contributed by atoms with E-state index in [0.29, 0.717) is 0 Å². The van der Waals surface area contributed by atoms with Crippen molar-refractivity contribution in [2.45, 2.75) is 0 Å². The molecule has 0 bridgehead atoms. The first-order chi connectivity index (χ1) is 6.59. The molecule has 2 aromatic carbocycles. The molecule has 14 heavy (non-hydrogen) atoms. The fourth-order valence-electron chi connectivity index (χ4n) is 1.40. The standard InChI is InChI=1S/C10H7Br3Te/c11-14(12,13)10-7-3-5-8-4-1-2-6-9(8)10/h1-7H. The predicted octanol–water partition coefficient (Wildman–Crippen LogP) is 4.17. The Kier molecular flexibility index (Phi) is 3.61. The third-order valence-corrected chi connectivity index (χ3v) is 11.5. The molecule has 0 saturated heterocycles. The van der Waals surface area contributed by atoms with Gasteiger partial charge in [0.1, 0.15) is 0 Å². The summed E-state index contributed by atoms with van der Waals surface area (Å²) < 4.78 is 1.37. The van der Waals surface area contributed by atoms with Crippen molar-refractivity contribution in [1.82, 2.24) is 0 Å². The number of hydrogen-bond acceptors (Lipinski definition) is 0. The van der Waals surface area contributed by atoms with Gasteiger partial charge in [-0.05, 0) is 0 Å². The molecule has 0 aliphatic heterocycles. The van der Waals surface area contributed by atoms with E-state index in [1.165, 1.54) is 14.4 Å². The van der Waals surface area contributed by atoms with Crippen molar-refractivity contribution >= 4 is 64.2 Å². The summed E-state index contributed by atoms with van der Waals surface area (Å²) in [5.74, 6) is 0. The summed E-state index contributed by atoms with van der Waals surface area (Å²) in [6.07, 6.45) is 0. The van der Waals surface area contributed by atoms with Gasteiger partial charge in [0.15, 0.2) is 0 Å². The average molecular weight is 494 g/mol. The van der Waals surface area contributed by atoms with Gasteiger partial charge in [-0.1, -0.05) is 0 Å². The Morgan fingerprint density at radius 2 is 1.43 bits per heavy atom. The molecule has 0 heterocycles. The van der Waals surface area contributed by atoms with Crippen molar-refractivity contribution in [3.63, 3.8) is 0 Å². The predicted molar refractivity (Wildman–Crippen MR) is 76.1 cm³/mol. The second kappa shape index (κ2) is 4.43. The molecule has 0 aliphatic carbocycles. The van der Waals surface area contributed by atoms with Crippen LogP contribution in [0.1, 0.15) is 0 Å². The molecule has 0 unspecified atom stereocenters. The Morgan fingerprint density at radius 3 is 2.14 bits per heavy atom. The summed E-state index contributed by atoms with van der Waals surface area (Å²) in [6.45, 7) is 0. The van der Waals surface area contributed by atoms with Crippen molar-refractivity contribution in [3.05, 3.63) is 42.5 Å². The van der Waals surface area contributed by atoms with Gasteiger partial charge in [-0.3, -0.25) is 0 Å². The molecular formula is C10H7Br3Te. The van der Waals surface area contributed by atoms with E-state index in [2.05, 4.69) is 80.7 Å². The minimum absolute atomic E-state index is 1.29. The molecule has 0 saturated carbocycles. The van der Waals surface area contributed by atoms with E-state index in [4.69, 9.17) is 0 Å². The molecule has 0 aromatic heterocycles. The zero-order valence-corrected chi connectivity index (χ0v) is 14.2. The van der Waals surface area contributed by atoms with Crippen molar-refractivity contribution in [1.29, 1.82) is 0 Å². The molecule has 4 heteroatoms. The van der Waals surface area contributed by atoms with E-state index in [9.17, 15) is 0 Å². The molecule has 0 fully saturated rings. The molecule has 0 radical (unpaired) electrons. The maximum absolute atomic E-state index is 3.73. The Morgan fingerprint density at radius 1 is 0.786 bits per heavy atom. The fraction of sp³-hybridized carbons (Fsp3) is 0. The van der Waals surface area contributed by atoms with Crippen LogP contribution in [-0.2, 0) is 0 Å². The first-order valence-corrected chi connectivity index (χ1v) is 20.8. The van der Waals surface area contributed by atoms with Crippen LogP contribution in [0.5, 0.6) is 0 Å². The Hall–Kier alpha value is 0.930. The molecule has 2 aromatic rings. The molecule has 0 nitrogen and oxygen atoms in total. The molecule has 0 spiro atoms. The molecule has 0 N–H and O–H groups in total. The third kappa shape index (κ3) is 2.36. The van der Waals surface area contributed by atoms with E-state index in [1.807, 2.05) is 0 Å². The summed E-state index contributed by atoms with van der Waals surface area (Å²) in [5, 5.41) is 2.61. The van der Waals surface area contributed by atoms with Crippen LogP contribution in [0.3, 0.4) is 0 Å². The van der Waals surface area contributed by atoms with Gasteiger partial charge in [-0.15, -0.1) is 0 Å². The molecule has 0 amide bonds. The van der Waals surface area contributed by atoms with Gasteiger partial charge in [-0.25, -0.2) is 0 Å². The van der Waals surface area contributed by atoms with Gasteiger partial charge < -0.3 is 0 Å². The first-order valence-electron chi connectivity index (χ1n) is 3.99. The average Bonchev–Trinajstić information content (AvgIpc) is 2.15. The van der Waals surface area contributed by atoms with Crippen LogP contribution in [0.4, 0.5) is 0 Å². The monoisotopic (exact) mass is 494 g/mol. The number of benzene rings is 2. The second-order valence-electron chi connectivity index (χ2n) is 2.88. The topological polar surface area (TPSA) is 0 Å². The van der Waals surface area contributed by atoms with Gasteiger partial charge in [0.05, 0.1) is 0 Å². The summed E-state index contributed by atoms with van der Waals surface area (Å²) in [7, 11) is 0. The number of halogens is 3. The molecular weight excluding hydrogens is 487 g/mol. The number of hydrogen-bond donors (Lipinski definition) is 0. The zero-order chi connectivity index (χ0) is 10.2. The normalized spacial score (nSPS) is 13.1. The van der Waals surface area contributed by atoms with Gasteiger partial charge in [0.2, 0.25) is 0 Å². The SMILES string of the molecule is Br[Te](Br)(Br)c1cccc2ccccc12. The number of rotatable bonds is 1. The maximum atomic E-state index is 3.73. The molecule has 74 valence electrons. The summed E-state index contributed by atoms with van der Waals surface area (Å²) >= 11 is 8.91. The molecule has 2 rings (SSSR count). The third-order valence-electron chi connectivity index (χ3n) is 2.00. The summed E-state index contributed by atoms with van der Waals surface area (Å²) in [5.41, 5.74) is 0. The first kappa shape index (κ1) is 11.4. The van der Waals surface area contributed by atoms with Crippen LogP contribution in [-0.4, -0.2) is 11.6 Å². The van der Waals surface area contributed by atoms with Gasteiger partial charge in [0.25, 0.3) is 0 Å².